The summed E-state index contributed by atoms with van der Waals surface area (Å²) in [5.41, 5.74) is -0.407. The second kappa shape index (κ2) is 3.35. The molecule has 0 aromatic heterocycles. The molecule has 1 aliphatic heterocycles. The van der Waals surface area contributed by atoms with Crippen LogP contribution in [0.1, 0.15) is 20.8 Å². The molecule has 3 nitrogen and oxygen atoms in total. The Morgan fingerprint density at radius 1 is 1.21 bits per heavy atom. The van der Waals surface area contributed by atoms with E-state index in [9.17, 15) is 9.59 Å². The monoisotopic (exact) mass is 211 g/mol. The lowest BCUT2D eigenvalue weighted by Crippen LogP contribution is -2.46. The van der Waals surface area contributed by atoms with Crippen molar-refractivity contribution < 1.29 is 9.59 Å². The molecule has 0 atom stereocenters. The van der Waals surface area contributed by atoms with Crippen LogP contribution in [0.4, 0.5) is 0 Å². The van der Waals surface area contributed by atoms with Gasteiger partial charge in [0.25, 0.3) is 11.8 Å². The van der Waals surface area contributed by atoms with Crippen LogP contribution in [0.2, 0.25) is 13.1 Å². The van der Waals surface area contributed by atoms with Gasteiger partial charge >= 0.3 is 0 Å². The van der Waals surface area contributed by atoms with Crippen LogP contribution >= 0.6 is 0 Å². The average molecular weight is 211 g/mol. The molecule has 0 bridgehead atoms. The summed E-state index contributed by atoms with van der Waals surface area (Å²) in [6.07, 6.45) is 1.52. The molecule has 0 saturated heterocycles. The van der Waals surface area contributed by atoms with Crippen LogP contribution in [0, 0.1) is 0 Å². The SMILES string of the molecule is C[SiH](C)C1=CC(=O)N(C(C)(C)C)C1=O. The first-order valence-corrected chi connectivity index (χ1v) is 7.74. The number of rotatable bonds is 1. The van der Waals surface area contributed by atoms with Crippen LogP contribution in [0.5, 0.6) is 0 Å². The van der Waals surface area contributed by atoms with E-state index in [1.54, 1.807) is 0 Å². The number of imide groups is 1. The molecule has 0 unspecified atom stereocenters. The molecule has 2 amide bonds. The van der Waals surface area contributed by atoms with Gasteiger partial charge in [0.1, 0.15) is 0 Å². The molecule has 0 aliphatic carbocycles. The molecule has 1 aliphatic rings. The molecule has 78 valence electrons. The minimum absolute atomic E-state index is 0.0795. The normalized spacial score (nSPS) is 18.1. The van der Waals surface area contributed by atoms with Crippen molar-refractivity contribution in [2.24, 2.45) is 0 Å². The Bertz CT molecular complexity index is 313. The molecule has 1 heterocycles. The van der Waals surface area contributed by atoms with E-state index in [-0.39, 0.29) is 11.8 Å². The van der Waals surface area contributed by atoms with E-state index < -0.39 is 14.3 Å². The number of carbonyl (C=O) groups is 2. The molecule has 0 radical (unpaired) electrons. The fraction of sp³-hybridized carbons (Fsp3) is 0.600. The molecular formula is C10H17NO2Si. The lowest BCUT2D eigenvalue weighted by molar-refractivity contribution is -0.142. The van der Waals surface area contributed by atoms with Gasteiger partial charge in [0.2, 0.25) is 0 Å². The molecule has 0 N–H and O–H groups in total. The molecule has 4 heteroatoms. The zero-order valence-corrected chi connectivity index (χ0v) is 10.6. The number of carbonyl (C=O) groups excluding carboxylic acids is 2. The predicted molar refractivity (Wildman–Crippen MR) is 58.6 cm³/mol. The third-order valence-corrected chi connectivity index (χ3v) is 3.90. The van der Waals surface area contributed by atoms with Crippen molar-refractivity contribution in [2.75, 3.05) is 0 Å². The Kier molecular flexibility index (Phi) is 2.67. The summed E-state index contributed by atoms with van der Waals surface area (Å²) >= 11 is 0. The van der Waals surface area contributed by atoms with Crippen LogP contribution in [0.3, 0.4) is 0 Å². The highest BCUT2D eigenvalue weighted by Gasteiger charge is 2.39. The van der Waals surface area contributed by atoms with Gasteiger partial charge in [-0.2, -0.15) is 0 Å². The Labute approximate surface area is 86.4 Å². The molecule has 14 heavy (non-hydrogen) atoms. The Morgan fingerprint density at radius 3 is 1.93 bits per heavy atom. The molecule has 0 fully saturated rings. The maximum Gasteiger partial charge on any atom is 0.253 e. The minimum Gasteiger partial charge on any atom is -0.270 e. The van der Waals surface area contributed by atoms with Crippen molar-refractivity contribution in [2.45, 2.75) is 39.4 Å². The van der Waals surface area contributed by atoms with Crippen molar-refractivity contribution in [1.29, 1.82) is 0 Å². The molecule has 0 aromatic carbocycles. The largest absolute Gasteiger partial charge is 0.270 e. The first kappa shape index (κ1) is 11.2. The third kappa shape index (κ3) is 1.80. The van der Waals surface area contributed by atoms with Gasteiger partial charge in [-0.25, -0.2) is 0 Å². The van der Waals surface area contributed by atoms with E-state index in [4.69, 9.17) is 0 Å². The third-order valence-electron chi connectivity index (χ3n) is 2.24. The summed E-state index contributed by atoms with van der Waals surface area (Å²) in [5, 5.41) is 0.755. The maximum atomic E-state index is 11.9. The highest BCUT2D eigenvalue weighted by Crippen LogP contribution is 2.23. The van der Waals surface area contributed by atoms with Crippen LogP contribution in [-0.2, 0) is 9.59 Å². The number of hydrogen-bond acceptors (Lipinski definition) is 2. The molecule has 0 spiro atoms. The molecule has 0 aromatic rings. The van der Waals surface area contributed by atoms with Gasteiger partial charge < -0.3 is 0 Å². The summed E-state index contributed by atoms with van der Waals surface area (Å²) in [6.45, 7) is 9.75. The number of hydrogen-bond donors (Lipinski definition) is 0. The highest BCUT2D eigenvalue weighted by molar-refractivity contribution is 6.71. The van der Waals surface area contributed by atoms with Gasteiger partial charge in [0.15, 0.2) is 0 Å². The average Bonchev–Trinajstić information content (AvgIpc) is 2.24. The van der Waals surface area contributed by atoms with Crippen LogP contribution in [-0.4, -0.2) is 31.0 Å². The predicted octanol–water partition coefficient (Wildman–Crippen LogP) is 1.11. The summed E-state index contributed by atoms with van der Waals surface area (Å²) in [7, 11) is -1.18. The summed E-state index contributed by atoms with van der Waals surface area (Å²) in [6, 6.07) is 0. The van der Waals surface area contributed by atoms with Crippen molar-refractivity contribution in [1.82, 2.24) is 4.90 Å². The van der Waals surface area contributed by atoms with Gasteiger partial charge in [-0.15, -0.1) is 0 Å². The zero-order chi connectivity index (χ0) is 11.1. The summed E-state index contributed by atoms with van der Waals surface area (Å²) in [4.78, 5) is 24.8. The van der Waals surface area contributed by atoms with Gasteiger partial charge in [-0.05, 0) is 20.8 Å². The van der Waals surface area contributed by atoms with Crippen LogP contribution < -0.4 is 0 Å². The molecule has 1 rings (SSSR count). The first-order valence-electron chi connectivity index (χ1n) is 4.85. The van der Waals surface area contributed by atoms with Crippen molar-refractivity contribution >= 4 is 20.6 Å². The van der Waals surface area contributed by atoms with E-state index in [2.05, 4.69) is 13.1 Å². The number of amides is 2. The summed E-state index contributed by atoms with van der Waals surface area (Å²) in [5.74, 6) is -0.233. The van der Waals surface area contributed by atoms with E-state index >= 15 is 0 Å². The molecule has 0 saturated carbocycles. The van der Waals surface area contributed by atoms with Gasteiger partial charge in [-0.1, -0.05) is 13.1 Å². The van der Waals surface area contributed by atoms with Crippen molar-refractivity contribution in [3.63, 3.8) is 0 Å². The summed E-state index contributed by atoms with van der Waals surface area (Å²) < 4.78 is 0. The lowest BCUT2D eigenvalue weighted by atomic mass is 10.1. The maximum absolute atomic E-state index is 11.9. The van der Waals surface area contributed by atoms with Crippen LogP contribution in [0.15, 0.2) is 11.3 Å². The highest BCUT2D eigenvalue weighted by atomic mass is 28.3. The van der Waals surface area contributed by atoms with Gasteiger partial charge in [0.05, 0.1) is 8.80 Å². The Balaban J connectivity index is 3.01. The van der Waals surface area contributed by atoms with Crippen molar-refractivity contribution in [3.05, 3.63) is 11.3 Å². The first-order chi connectivity index (χ1) is 6.25. The topological polar surface area (TPSA) is 37.4 Å². The van der Waals surface area contributed by atoms with E-state index in [1.807, 2.05) is 20.8 Å². The Morgan fingerprint density at radius 2 is 1.71 bits per heavy atom. The second-order valence-electron chi connectivity index (χ2n) is 4.90. The standard InChI is InChI=1S/C10H17NO2Si/c1-10(2,3)11-8(12)6-7(9(11)13)14(4)5/h6,14H,1-5H3. The fourth-order valence-corrected chi connectivity index (χ4v) is 2.64. The molecular weight excluding hydrogens is 194 g/mol. The lowest BCUT2D eigenvalue weighted by Gasteiger charge is -2.30. The second-order valence-corrected chi connectivity index (χ2v) is 7.84. The Hall–Kier alpha value is -0.903. The van der Waals surface area contributed by atoms with Crippen molar-refractivity contribution in [3.8, 4) is 0 Å². The quantitative estimate of drug-likeness (QED) is 0.481. The van der Waals surface area contributed by atoms with E-state index in [1.165, 1.54) is 11.0 Å². The van der Waals surface area contributed by atoms with Gasteiger partial charge in [-0.3, -0.25) is 14.5 Å². The zero-order valence-electron chi connectivity index (χ0n) is 9.42. The van der Waals surface area contributed by atoms with E-state index in [0.717, 1.165) is 5.20 Å². The van der Waals surface area contributed by atoms with Gasteiger partial charge in [0, 0.05) is 16.8 Å². The number of nitrogens with zero attached hydrogens (tertiary/aromatic N) is 1. The van der Waals surface area contributed by atoms with E-state index in [0.29, 0.717) is 0 Å². The minimum atomic E-state index is -1.18. The fourth-order valence-electron chi connectivity index (χ4n) is 1.54. The smallest absolute Gasteiger partial charge is 0.253 e. The van der Waals surface area contributed by atoms with Crippen LogP contribution in [0.25, 0.3) is 0 Å².